The van der Waals surface area contributed by atoms with Crippen LogP contribution in [0, 0.1) is 6.92 Å². The second-order valence-corrected chi connectivity index (χ2v) is 7.38. The van der Waals surface area contributed by atoms with Gasteiger partial charge in [0.05, 0.1) is 5.41 Å². The summed E-state index contributed by atoms with van der Waals surface area (Å²) in [7, 11) is 0. The van der Waals surface area contributed by atoms with Crippen LogP contribution in [0.3, 0.4) is 0 Å². The predicted molar refractivity (Wildman–Crippen MR) is 104 cm³/mol. The van der Waals surface area contributed by atoms with E-state index in [1.165, 1.54) is 0 Å². The molecule has 7 nitrogen and oxygen atoms in total. The highest BCUT2D eigenvalue weighted by atomic mass is 16.2. The Morgan fingerprint density at radius 1 is 1.14 bits per heavy atom. The number of carbonyl (C=O) groups excluding carboxylic acids is 2. The maximum Gasteiger partial charge on any atom is 0.253 e. The average Bonchev–Trinajstić information content (AvgIpc) is 3.41. The summed E-state index contributed by atoms with van der Waals surface area (Å²) in [4.78, 5) is 31.8. The number of benzene rings is 2. The molecule has 7 heteroatoms. The van der Waals surface area contributed by atoms with Crippen molar-refractivity contribution in [2.24, 2.45) is 0 Å². The first-order chi connectivity index (χ1) is 13.6. The lowest BCUT2D eigenvalue weighted by molar-refractivity contribution is -0.120. The van der Waals surface area contributed by atoms with Crippen LogP contribution in [-0.4, -0.2) is 45.0 Å². The standard InChI is InChI=1S/C21H19N5O2/c1-13-22-18(25-24-13)14-6-8-15(9-7-14)19(27)26-11-10-21(12-26)16-4-2-3-5-17(16)23-20(21)28/h2-9H,10-12H2,1H3,(H,23,28)(H,22,24,25). The monoisotopic (exact) mass is 373 g/mol. The number of aromatic amines is 1. The molecule has 2 aliphatic heterocycles. The van der Waals surface area contributed by atoms with Crippen LogP contribution in [-0.2, 0) is 10.2 Å². The van der Waals surface area contributed by atoms with Crippen LogP contribution < -0.4 is 5.32 Å². The van der Waals surface area contributed by atoms with Gasteiger partial charge >= 0.3 is 0 Å². The summed E-state index contributed by atoms with van der Waals surface area (Å²) in [5.74, 6) is 1.27. The molecule has 5 rings (SSSR count). The third kappa shape index (κ3) is 2.43. The van der Waals surface area contributed by atoms with Crippen LogP contribution in [0.5, 0.6) is 0 Å². The molecule has 2 amide bonds. The van der Waals surface area contributed by atoms with E-state index in [1.807, 2.05) is 43.3 Å². The molecule has 2 N–H and O–H groups in total. The minimum atomic E-state index is -0.636. The molecular formula is C21H19N5O2. The topological polar surface area (TPSA) is 91.0 Å². The third-order valence-corrected chi connectivity index (χ3v) is 5.67. The third-order valence-electron chi connectivity index (χ3n) is 5.67. The van der Waals surface area contributed by atoms with Crippen LogP contribution in [0.15, 0.2) is 48.5 Å². The Morgan fingerprint density at radius 2 is 1.93 bits per heavy atom. The van der Waals surface area contributed by atoms with Crippen molar-refractivity contribution in [1.29, 1.82) is 0 Å². The summed E-state index contributed by atoms with van der Waals surface area (Å²) in [5, 5.41) is 9.92. The number of amides is 2. The van der Waals surface area contributed by atoms with Gasteiger partial charge in [0, 0.05) is 29.9 Å². The number of likely N-dealkylation sites (tertiary alicyclic amines) is 1. The zero-order valence-electron chi connectivity index (χ0n) is 15.4. The van der Waals surface area contributed by atoms with Gasteiger partial charge in [0.1, 0.15) is 5.82 Å². The van der Waals surface area contributed by atoms with Crippen molar-refractivity contribution in [3.8, 4) is 11.4 Å². The number of hydrogen-bond acceptors (Lipinski definition) is 4. The molecule has 1 spiro atoms. The Hall–Kier alpha value is -3.48. The number of aryl methyl sites for hydroxylation is 1. The van der Waals surface area contributed by atoms with Crippen molar-refractivity contribution in [2.45, 2.75) is 18.8 Å². The van der Waals surface area contributed by atoms with Gasteiger partial charge in [-0.3, -0.25) is 14.7 Å². The fourth-order valence-electron chi connectivity index (χ4n) is 4.18. The van der Waals surface area contributed by atoms with Crippen molar-refractivity contribution in [2.75, 3.05) is 18.4 Å². The lowest BCUT2D eigenvalue weighted by atomic mass is 9.81. The summed E-state index contributed by atoms with van der Waals surface area (Å²) >= 11 is 0. The number of H-pyrrole nitrogens is 1. The zero-order chi connectivity index (χ0) is 19.3. The number of carbonyl (C=O) groups is 2. The molecule has 0 radical (unpaired) electrons. The van der Waals surface area contributed by atoms with Crippen molar-refractivity contribution in [3.63, 3.8) is 0 Å². The maximum absolute atomic E-state index is 13.0. The SMILES string of the molecule is Cc1nc(-c2ccc(C(=O)N3CCC4(C3)C(=O)Nc3ccccc34)cc2)n[nH]1. The van der Waals surface area contributed by atoms with Gasteiger partial charge in [0.25, 0.3) is 5.91 Å². The molecule has 140 valence electrons. The fraction of sp³-hybridized carbons (Fsp3) is 0.238. The van der Waals surface area contributed by atoms with Crippen molar-refractivity contribution >= 4 is 17.5 Å². The van der Waals surface area contributed by atoms with E-state index in [4.69, 9.17) is 0 Å². The number of rotatable bonds is 2. The molecule has 1 fully saturated rings. The molecule has 1 saturated heterocycles. The minimum absolute atomic E-state index is 0.0145. The molecule has 0 bridgehead atoms. The second-order valence-electron chi connectivity index (χ2n) is 7.38. The van der Waals surface area contributed by atoms with Crippen LogP contribution in [0.25, 0.3) is 11.4 Å². The number of hydrogen-bond donors (Lipinski definition) is 2. The molecule has 1 unspecified atom stereocenters. The quantitative estimate of drug-likeness (QED) is 0.722. The molecule has 1 atom stereocenters. The number of nitrogens with zero attached hydrogens (tertiary/aromatic N) is 3. The Bertz CT molecular complexity index is 1090. The van der Waals surface area contributed by atoms with E-state index in [0.29, 0.717) is 30.9 Å². The second kappa shape index (κ2) is 6.02. The summed E-state index contributed by atoms with van der Waals surface area (Å²) in [6, 6.07) is 15.0. The van der Waals surface area contributed by atoms with Crippen molar-refractivity contribution in [3.05, 3.63) is 65.5 Å². The molecule has 1 aromatic heterocycles. The van der Waals surface area contributed by atoms with E-state index in [0.717, 1.165) is 22.6 Å². The summed E-state index contributed by atoms with van der Waals surface area (Å²) in [6.07, 6.45) is 0.635. The molecule has 0 saturated carbocycles. The van der Waals surface area contributed by atoms with Gasteiger partial charge < -0.3 is 10.2 Å². The van der Waals surface area contributed by atoms with E-state index in [9.17, 15) is 9.59 Å². The molecular weight excluding hydrogens is 354 g/mol. The smallest absolute Gasteiger partial charge is 0.253 e. The highest BCUT2D eigenvalue weighted by Gasteiger charge is 2.51. The number of para-hydroxylation sites is 1. The van der Waals surface area contributed by atoms with Gasteiger partial charge in [0.15, 0.2) is 5.82 Å². The van der Waals surface area contributed by atoms with E-state index in [-0.39, 0.29) is 11.8 Å². The summed E-state index contributed by atoms with van der Waals surface area (Å²) in [5.41, 5.74) is 2.66. The number of anilines is 1. The van der Waals surface area contributed by atoms with Gasteiger partial charge in [-0.1, -0.05) is 30.3 Å². The molecule has 3 aromatic rings. The lowest BCUT2D eigenvalue weighted by Crippen LogP contribution is -2.39. The summed E-state index contributed by atoms with van der Waals surface area (Å²) in [6.45, 7) is 2.80. The first-order valence-corrected chi connectivity index (χ1v) is 9.26. The van der Waals surface area contributed by atoms with Gasteiger partial charge in [-0.2, -0.15) is 5.10 Å². The van der Waals surface area contributed by atoms with Gasteiger partial charge in [-0.25, -0.2) is 4.98 Å². The Kier molecular flexibility index (Phi) is 3.58. The number of fused-ring (bicyclic) bond motifs is 2. The average molecular weight is 373 g/mol. The number of aromatic nitrogens is 3. The van der Waals surface area contributed by atoms with E-state index >= 15 is 0 Å². The van der Waals surface area contributed by atoms with Crippen LogP contribution >= 0.6 is 0 Å². The maximum atomic E-state index is 13.0. The first-order valence-electron chi connectivity index (χ1n) is 9.26. The van der Waals surface area contributed by atoms with Crippen LogP contribution in [0.4, 0.5) is 5.69 Å². The highest BCUT2D eigenvalue weighted by molar-refractivity contribution is 6.07. The van der Waals surface area contributed by atoms with E-state index in [1.54, 1.807) is 17.0 Å². The summed E-state index contributed by atoms with van der Waals surface area (Å²) < 4.78 is 0. The highest BCUT2D eigenvalue weighted by Crippen LogP contribution is 2.44. The Morgan fingerprint density at radius 3 is 2.68 bits per heavy atom. The van der Waals surface area contributed by atoms with Gasteiger partial charge in [-0.05, 0) is 37.1 Å². The van der Waals surface area contributed by atoms with Crippen LogP contribution in [0.1, 0.15) is 28.2 Å². The van der Waals surface area contributed by atoms with Gasteiger partial charge in [-0.15, -0.1) is 0 Å². The molecule has 2 aliphatic rings. The Balaban J connectivity index is 1.38. The van der Waals surface area contributed by atoms with E-state index in [2.05, 4.69) is 20.5 Å². The van der Waals surface area contributed by atoms with Crippen molar-refractivity contribution in [1.82, 2.24) is 20.1 Å². The minimum Gasteiger partial charge on any atom is -0.337 e. The predicted octanol–water partition coefficient (Wildman–Crippen LogP) is 2.52. The molecule has 28 heavy (non-hydrogen) atoms. The van der Waals surface area contributed by atoms with Crippen LogP contribution in [0.2, 0.25) is 0 Å². The number of nitrogens with one attached hydrogen (secondary N) is 2. The normalized spacial score (nSPS) is 20.5. The first kappa shape index (κ1) is 16.7. The fourth-order valence-corrected chi connectivity index (χ4v) is 4.18. The van der Waals surface area contributed by atoms with Gasteiger partial charge in [0.2, 0.25) is 5.91 Å². The largest absolute Gasteiger partial charge is 0.337 e. The molecule has 2 aromatic carbocycles. The van der Waals surface area contributed by atoms with Crippen molar-refractivity contribution < 1.29 is 9.59 Å². The lowest BCUT2D eigenvalue weighted by Gasteiger charge is -2.22. The van der Waals surface area contributed by atoms with E-state index < -0.39 is 5.41 Å². The molecule has 0 aliphatic carbocycles. The molecule has 3 heterocycles. The zero-order valence-corrected chi connectivity index (χ0v) is 15.4. The Labute approximate surface area is 161 Å².